The first kappa shape index (κ1) is 19.3. The Morgan fingerprint density at radius 2 is 1.69 bits per heavy atom. The van der Waals surface area contributed by atoms with E-state index in [1.54, 1.807) is 12.1 Å². The molecule has 0 saturated heterocycles. The van der Waals surface area contributed by atoms with Crippen molar-refractivity contribution in [1.29, 1.82) is 0 Å². The highest BCUT2D eigenvalue weighted by atomic mass is 35.5. The first-order valence-electron chi connectivity index (χ1n) is 9.14. The second kappa shape index (κ2) is 8.17. The van der Waals surface area contributed by atoms with Crippen LogP contribution in [0.3, 0.4) is 0 Å². The largest absolute Gasteiger partial charge is 0.392 e. The van der Waals surface area contributed by atoms with E-state index in [0.29, 0.717) is 33.4 Å². The number of rotatable bonds is 5. The number of aliphatic hydroxyl groups is 2. The summed E-state index contributed by atoms with van der Waals surface area (Å²) in [5.41, 5.74) is 5.86. The molecule has 1 aromatic heterocycles. The van der Waals surface area contributed by atoms with E-state index in [4.69, 9.17) is 16.1 Å². The van der Waals surface area contributed by atoms with Crippen LogP contribution in [0.25, 0.3) is 34.0 Å². The van der Waals surface area contributed by atoms with Gasteiger partial charge in [0.15, 0.2) is 0 Å². The summed E-state index contributed by atoms with van der Waals surface area (Å²) in [6, 6.07) is 19.5. The molecule has 29 heavy (non-hydrogen) atoms. The molecule has 6 heteroatoms. The normalized spacial score (nSPS) is 11.0. The van der Waals surface area contributed by atoms with Crippen LogP contribution in [0.5, 0.6) is 0 Å². The standard InChI is InChI=1S/C23H19ClN2O3/c1-14-9-16(7-8-19(14)15-5-3-2-4-6-15)23-25-22(26-29-23)17-10-18(12-27)20(13-28)21(24)11-17/h2-11,27-28H,12-13H2,1H3. The predicted molar refractivity (Wildman–Crippen MR) is 112 cm³/mol. The number of hydrogen-bond donors (Lipinski definition) is 2. The summed E-state index contributed by atoms with van der Waals surface area (Å²) < 4.78 is 5.46. The zero-order valence-electron chi connectivity index (χ0n) is 15.8. The summed E-state index contributed by atoms with van der Waals surface area (Å²) in [5.74, 6) is 0.765. The van der Waals surface area contributed by atoms with Crippen LogP contribution in [0.15, 0.2) is 65.2 Å². The van der Waals surface area contributed by atoms with E-state index in [1.807, 2.05) is 43.3 Å². The molecule has 0 atom stereocenters. The minimum absolute atomic E-state index is 0.242. The van der Waals surface area contributed by atoms with Gasteiger partial charge in [-0.15, -0.1) is 0 Å². The van der Waals surface area contributed by atoms with Crippen LogP contribution < -0.4 is 0 Å². The van der Waals surface area contributed by atoms with Crippen LogP contribution >= 0.6 is 11.6 Å². The van der Waals surface area contributed by atoms with Crippen molar-refractivity contribution in [3.63, 3.8) is 0 Å². The maximum absolute atomic E-state index is 9.55. The lowest BCUT2D eigenvalue weighted by atomic mass is 9.98. The first-order valence-corrected chi connectivity index (χ1v) is 9.52. The van der Waals surface area contributed by atoms with E-state index in [9.17, 15) is 10.2 Å². The van der Waals surface area contributed by atoms with E-state index in [2.05, 4.69) is 22.3 Å². The fourth-order valence-electron chi connectivity index (χ4n) is 3.34. The van der Waals surface area contributed by atoms with Gasteiger partial charge in [0, 0.05) is 21.7 Å². The van der Waals surface area contributed by atoms with Crippen molar-refractivity contribution in [2.75, 3.05) is 0 Å². The van der Waals surface area contributed by atoms with Gasteiger partial charge in [0.2, 0.25) is 5.82 Å². The smallest absolute Gasteiger partial charge is 0.258 e. The van der Waals surface area contributed by atoms with Crippen molar-refractivity contribution >= 4 is 11.6 Å². The number of halogens is 1. The summed E-state index contributed by atoms with van der Waals surface area (Å²) in [4.78, 5) is 4.49. The van der Waals surface area contributed by atoms with Crippen molar-refractivity contribution in [1.82, 2.24) is 10.1 Å². The van der Waals surface area contributed by atoms with E-state index < -0.39 is 0 Å². The molecule has 0 radical (unpaired) electrons. The monoisotopic (exact) mass is 406 g/mol. The molecule has 4 aromatic rings. The van der Waals surface area contributed by atoms with Crippen LogP contribution in [0.2, 0.25) is 5.02 Å². The van der Waals surface area contributed by atoms with Gasteiger partial charge >= 0.3 is 0 Å². The summed E-state index contributed by atoms with van der Waals surface area (Å²) in [5, 5.41) is 23.4. The highest BCUT2D eigenvalue weighted by molar-refractivity contribution is 6.31. The minimum atomic E-state index is -0.250. The van der Waals surface area contributed by atoms with Crippen LogP contribution in [0, 0.1) is 6.92 Å². The highest BCUT2D eigenvalue weighted by Gasteiger charge is 2.15. The second-order valence-corrected chi connectivity index (χ2v) is 7.14. The molecule has 1 heterocycles. The summed E-state index contributed by atoms with van der Waals surface area (Å²) in [6.07, 6.45) is 0. The number of hydrogen-bond acceptors (Lipinski definition) is 5. The first-order chi connectivity index (χ1) is 14.1. The average Bonchev–Trinajstić information content (AvgIpc) is 3.24. The molecule has 0 unspecified atom stereocenters. The molecular formula is C23H19ClN2O3. The summed E-state index contributed by atoms with van der Waals surface area (Å²) in [6.45, 7) is 1.55. The maximum Gasteiger partial charge on any atom is 0.258 e. The molecule has 0 amide bonds. The van der Waals surface area contributed by atoms with E-state index in [-0.39, 0.29) is 13.2 Å². The van der Waals surface area contributed by atoms with Gasteiger partial charge in [0.05, 0.1) is 13.2 Å². The molecule has 0 aliphatic heterocycles. The fraction of sp³-hybridized carbons (Fsp3) is 0.130. The van der Waals surface area contributed by atoms with E-state index in [0.717, 1.165) is 22.3 Å². The Morgan fingerprint density at radius 3 is 2.38 bits per heavy atom. The van der Waals surface area contributed by atoms with E-state index in [1.165, 1.54) is 0 Å². The van der Waals surface area contributed by atoms with Gasteiger partial charge in [-0.3, -0.25) is 0 Å². The Bertz CT molecular complexity index is 1160. The van der Waals surface area contributed by atoms with Gasteiger partial charge in [0.25, 0.3) is 5.89 Å². The van der Waals surface area contributed by atoms with Crippen LogP contribution in [0.1, 0.15) is 16.7 Å². The molecule has 5 nitrogen and oxygen atoms in total. The molecule has 3 aromatic carbocycles. The minimum Gasteiger partial charge on any atom is -0.392 e. The number of benzene rings is 3. The van der Waals surface area contributed by atoms with Gasteiger partial charge in [0.1, 0.15) is 0 Å². The molecule has 0 spiro atoms. The lowest BCUT2D eigenvalue weighted by molar-refractivity contribution is 0.260. The van der Waals surface area contributed by atoms with Crippen molar-refractivity contribution in [3.05, 3.63) is 82.4 Å². The number of nitrogens with zero attached hydrogens (tertiary/aromatic N) is 2. The Balaban J connectivity index is 1.68. The zero-order chi connectivity index (χ0) is 20.4. The molecule has 2 N–H and O–H groups in total. The third kappa shape index (κ3) is 3.80. The molecule has 0 aliphatic carbocycles. The quantitative estimate of drug-likeness (QED) is 0.486. The molecule has 0 aliphatic rings. The SMILES string of the molecule is Cc1cc(-c2nc(-c3cc(Cl)c(CO)c(CO)c3)no2)ccc1-c1ccccc1. The Morgan fingerprint density at radius 1 is 0.897 bits per heavy atom. The van der Waals surface area contributed by atoms with Crippen LogP contribution in [-0.4, -0.2) is 20.4 Å². The number of aryl methyl sites for hydroxylation is 1. The highest BCUT2D eigenvalue weighted by Crippen LogP contribution is 2.31. The fourth-order valence-corrected chi connectivity index (χ4v) is 3.64. The predicted octanol–water partition coefficient (Wildman–Crippen LogP) is 5.02. The van der Waals surface area contributed by atoms with Crippen molar-refractivity contribution in [2.45, 2.75) is 20.1 Å². The van der Waals surface area contributed by atoms with Crippen molar-refractivity contribution in [3.8, 4) is 34.0 Å². The lowest BCUT2D eigenvalue weighted by Crippen LogP contribution is -1.97. The van der Waals surface area contributed by atoms with Gasteiger partial charge in [-0.05, 0) is 53.4 Å². The molecular weight excluding hydrogens is 388 g/mol. The average molecular weight is 407 g/mol. The lowest BCUT2D eigenvalue weighted by Gasteiger charge is -2.08. The van der Waals surface area contributed by atoms with Gasteiger partial charge in [-0.2, -0.15) is 4.98 Å². The van der Waals surface area contributed by atoms with Crippen LogP contribution in [0.4, 0.5) is 0 Å². The van der Waals surface area contributed by atoms with Crippen molar-refractivity contribution in [2.24, 2.45) is 0 Å². The third-order valence-electron chi connectivity index (χ3n) is 4.86. The second-order valence-electron chi connectivity index (χ2n) is 6.73. The van der Waals surface area contributed by atoms with Gasteiger partial charge in [-0.25, -0.2) is 0 Å². The molecule has 0 fully saturated rings. The van der Waals surface area contributed by atoms with Crippen molar-refractivity contribution < 1.29 is 14.7 Å². The number of aliphatic hydroxyl groups excluding tert-OH is 2. The summed E-state index contributed by atoms with van der Waals surface area (Å²) >= 11 is 6.23. The third-order valence-corrected chi connectivity index (χ3v) is 5.20. The Labute approximate surface area is 173 Å². The number of aromatic nitrogens is 2. The topological polar surface area (TPSA) is 79.4 Å². The molecule has 0 bridgehead atoms. The Hall–Kier alpha value is -2.99. The van der Waals surface area contributed by atoms with Gasteiger partial charge in [-0.1, -0.05) is 53.2 Å². The zero-order valence-corrected chi connectivity index (χ0v) is 16.5. The van der Waals surface area contributed by atoms with Crippen LogP contribution in [-0.2, 0) is 13.2 Å². The van der Waals surface area contributed by atoms with E-state index >= 15 is 0 Å². The molecule has 146 valence electrons. The van der Waals surface area contributed by atoms with Gasteiger partial charge < -0.3 is 14.7 Å². The maximum atomic E-state index is 9.55. The molecule has 0 saturated carbocycles. The summed E-state index contributed by atoms with van der Waals surface area (Å²) in [7, 11) is 0. The Kier molecular flexibility index (Phi) is 5.45. The molecule has 4 rings (SSSR count).